The molecule has 0 aliphatic heterocycles. The van der Waals surface area contributed by atoms with E-state index in [1.165, 1.54) is 16.3 Å². The number of hydrogen-bond donors (Lipinski definition) is 0. The van der Waals surface area contributed by atoms with Gasteiger partial charge in [0.1, 0.15) is 11.5 Å². The lowest BCUT2D eigenvalue weighted by atomic mass is 10.1. The van der Waals surface area contributed by atoms with Gasteiger partial charge in [-0.3, -0.25) is 0 Å². The molecule has 0 unspecified atom stereocenters. The number of fused-ring (bicyclic) bond motifs is 1. The highest BCUT2D eigenvalue weighted by Crippen LogP contribution is 2.32. The summed E-state index contributed by atoms with van der Waals surface area (Å²) in [5, 5.41) is 12.4. The van der Waals surface area contributed by atoms with Crippen LogP contribution >= 0.6 is 11.8 Å². The minimum Gasteiger partial charge on any atom is -0.497 e. The molecule has 5 nitrogen and oxygen atoms in total. The first kappa shape index (κ1) is 19.3. The molecule has 0 bridgehead atoms. The van der Waals surface area contributed by atoms with Crippen LogP contribution in [0.1, 0.15) is 12.5 Å². The summed E-state index contributed by atoms with van der Waals surface area (Å²) in [6.45, 7) is 2.88. The number of methoxy groups -OCH3 is 2. The maximum absolute atomic E-state index is 5.40. The fourth-order valence-corrected chi connectivity index (χ4v) is 4.40. The molecule has 1 aromatic heterocycles. The third-order valence-electron chi connectivity index (χ3n) is 4.88. The van der Waals surface area contributed by atoms with Gasteiger partial charge in [-0.05, 0) is 35.4 Å². The van der Waals surface area contributed by atoms with E-state index in [1.807, 2.05) is 18.2 Å². The summed E-state index contributed by atoms with van der Waals surface area (Å²) in [6.07, 6.45) is 0. The SMILES string of the molecule is CCn1c(SCc2cccc3ccccc23)nnc1-c1cc(OC)cc(OC)c1. The van der Waals surface area contributed by atoms with Crippen molar-refractivity contribution in [2.45, 2.75) is 24.4 Å². The Morgan fingerprint density at radius 2 is 1.62 bits per heavy atom. The van der Waals surface area contributed by atoms with Crippen LogP contribution in [0.2, 0.25) is 0 Å². The van der Waals surface area contributed by atoms with Crippen LogP contribution in [0.3, 0.4) is 0 Å². The molecule has 0 fully saturated rings. The molecule has 1 heterocycles. The molecule has 0 aliphatic rings. The summed E-state index contributed by atoms with van der Waals surface area (Å²) < 4.78 is 12.9. The number of nitrogens with zero attached hydrogens (tertiary/aromatic N) is 3. The Bertz CT molecular complexity index is 1110. The van der Waals surface area contributed by atoms with Gasteiger partial charge >= 0.3 is 0 Å². The fourth-order valence-electron chi connectivity index (χ4n) is 3.39. The molecule has 0 atom stereocenters. The molecule has 4 rings (SSSR count). The zero-order valence-electron chi connectivity index (χ0n) is 16.8. The van der Waals surface area contributed by atoms with E-state index < -0.39 is 0 Å². The van der Waals surface area contributed by atoms with Gasteiger partial charge in [-0.2, -0.15) is 0 Å². The molecule has 0 N–H and O–H groups in total. The first-order chi connectivity index (χ1) is 14.2. The molecular weight excluding hydrogens is 382 g/mol. The topological polar surface area (TPSA) is 49.2 Å². The number of ether oxygens (including phenoxy) is 2. The van der Waals surface area contributed by atoms with E-state index >= 15 is 0 Å². The van der Waals surface area contributed by atoms with Gasteiger partial charge in [0.2, 0.25) is 0 Å². The quantitative estimate of drug-likeness (QED) is 0.384. The predicted octanol–water partition coefficient (Wildman–Crippen LogP) is 5.43. The van der Waals surface area contributed by atoms with E-state index in [9.17, 15) is 0 Å². The lowest BCUT2D eigenvalue weighted by Crippen LogP contribution is -2.00. The smallest absolute Gasteiger partial charge is 0.191 e. The third-order valence-corrected chi connectivity index (χ3v) is 5.89. The lowest BCUT2D eigenvalue weighted by molar-refractivity contribution is 0.394. The highest BCUT2D eigenvalue weighted by Gasteiger charge is 2.15. The van der Waals surface area contributed by atoms with Gasteiger partial charge in [-0.25, -0.2) is 0 Å². The average Bonchev–Trinajstić information content (AvgIpc) is 3.20. The first-order valence-corrected chi connectivity index (χ1v) is 10.5. The summed E-state index contributed by atoms with van der Waals surface area (Å²) in [5.74, 6) is 3.11. The molecule has 29 heavy (non-hydrogen) atoms. The van der Waals surface area contributed by atoms with Crippen molar-refractivity contribution >= 4 is 22.5 Å². The number of benzene rings is 3. The van der Waals surface area contributed by atoms with Crippen molar-refractivity contribution in [3.63, 3.8) is 0 Å². The maximum Gasteiger partial charge on any atom is 0.191 e. The number of hydrogen-bond acceptors (Lipinski definition) is 5. The Hall–Kier alpha value is -2.99. The third kappa shape index (κ3) is 3.93. The Labute approximate surface area is 174 Å². The van der Waals surface area contributed by atoms with Crippen LogP contribution in [-0.4, -0.2) is 29.0 Å². The lowest BCUT2D eigenvalue weighted by Gasteiger charge is -2.11. The molecule has 0 amide bonds. The number of thioether (sulfide) groups is 1. The molecule has 6 heteroatoms. The van der Waals surface area contributed by atoms with E-state index in [-0.39, 0.29) is 0 Å². The second-order valence-electron chi connectivity index (χ2n) is 6.58. The van der Waals surface area contributed by atoms with Gasteiger partial charge < -0.3 is 14.0 Å². The Kier molecular flexibility index (Phi) is 5.71. The van der Waals surface area contributed by atoms with Gasteiger partial charge in [0, 0.05) is 23.9 Å². The van der Waals surface area contributed by atoms with Gasteiger partial charge in [0.25, 0.3) is 0 Å². The zero-order chi connectivity index (χ0) is 20.2. The molecular formula is C23H23N3O2S. The largest absolute Gasteiger partial charge is 0.497 e. The first-order valence-electron chi connectivity index (χ1n) is 9.49. The van der Waals surface area contributed by atoms with E-state index in [1.54, 1.807) is 26.0 Å². The van der Waals surface area contributed by atoms with Gasteiger partial charge in [-0.1, -0.05) is 54.2 Å². The molecule has 0 saturated carbocycles. The summed E-state index contributed by atoms with van der Waals surface area (Å²) >= 11 is 1.70. The van der Waals surface area contributed by atoms with Crippen LogP contribution in [0.5, 0.6) is 11.5 Å². The van der Waals surface area contributed by atoms with Crippen molar-refractivity contribution in [2.75, 3.05) is 14.2 Å². The Balaban J connectivity index is 1.64. The predicted molar refractivity (Wildman–Crippen MR) is 118 cm³/mol. The van der Waals surface area contributed by atoms with Crippen LogP contribution in [-0.2, 0) is 12.3 Å². The van der Waals surface area contributed by atoms with Gasteiger partial charge in [0.15, 0.2) is 11.0 Å². The van der Waals surface area contributed by atoms with Crippen molar-refractivity contribution < 1.29 is 9.47 Å². The molecule has 148 valence electrons. The minimum absolute atomic E-state index is 0.731. The summed E-state index contributed by atoms with van der Waals surface area (Å²) in [4.78, 5) is 0. The normalized spacial score (nSPS) is 11.0. The highest BCUT2D eigenvalue weighted by atomic mass is 32.2. The Morgan fingerprint density at radius 1 is 0.897 bits per heavy atom. The monoisotopic (exact) mass is 405 g/mol. The second kappa shape index (κ2) is 8.57. The molecule has 0 aliphatic carbocycles. The fraction of sp³-hybridized carbons (Fsp3) is 0.217. The molecule has 0 saturated heterocycles. The Morgan fingerprint density at radius 3 is 2.34 bits per heavy atom. The maximum atomic E-state index is 5.40. The van der Waals surface area contributed by atoms with Gasteiger partial charge in [0.05, 0.1) is 14.2 Å². The summed E-state index contributed by atoms with van der Waals surface area (Å²) in [6, 6.07) is 20.7. The minimum atomic E-state index is 0.731. The van der Waals surface area contributed by atoms with Crippen LogP contribution in [0.15, 0.2) is 65.8 Å². The molecule has 3 aromatic carbocycles. The van der Waals surface area contributed by atoms with E-state index in [0.717, 1.165) is 40.3 Å². The number of aromatic nitrogens is 3. The van der Waals surface area contributed by atoms with E-state index in [4.69, 9.17) is 9.47 Å². The molecule has 4 aromatic rings. The van der Waals surface area contributed by atoms with Crippen molar-refractivity contribution in [2.24, 2.45) is 0 Å². The second-order valence-corrected chi connectivity index (χ2v) is 7.52. The van der Waals surface area contributed by atoms with Crippen LogP contribution in [0, 0.1) is 0 Å². The van der Waals surface area contributed by atoms with Crippen LogP contribution in [0.4, 0.5) is 0 Å². The van der Waals surface area contributed by atoms with Crippen molar-refractivity contribution in [3.8, 4) is 22.9 Å². The molecule has 0 radical (unpaired) electrons. The highest BCUT2D eigenvalue weighted by molar-refractivity contribution is 7.98. The zero-order valence-corrected chi connectivity index (χ0v) is 17.6. The van der Waals surface area contributed by atoms with E-state index in [0.29, 0.717) is 0 Å². The van der Waals surface area contributed by atoms with E-state index in [2.05, 4.69) is 64.2 Å². The van der Waals surface area contributed by atoms with Crippen molar-refractivity contribution in [1.82, 2.24) is 14.8 Å². The van der Waals surface area contributed by atoms with Crippen LogP contribution in [0.25, 0.3) is 22.2 Å². The summed E-state index contributed by atoms with van der Waals surface area (Å²) in [5.41, 5.74) is 2.22. The average molecular weight is 406 g/mol. The summed E-state index contributed by atoms with van der Waals surface area (Å²) in [7, 11) is 3.29. The van der Waals surface area contributed by atoms with Crippen molar-refractivity contribution in [3.05, 3.63) is 66.2 Å². The number of rotatable bonds is 7. The standard InChI is InChI=1S/C23H23N3O2S/c1-4-26-22(18-12-19(27-2)14-20(13-18)28-3)24-25-23(26)29-15-17-10-7-9-16-8-5-6-11-21(16)17/h5-14H,4,15H2,1-3H3. The molecule has 0 spiro atoms. The van der Waals surface area contributed by atoms with Crippen molar-refractivity contribution in [1.29, 1.82) is 0 Å². The van der Waals surface area contributed by atoms with Crippen LogP contribution < -0.4 is 9.47 Å². The van der Waals surface area contributed by atoms with Gasteiger partial charge in [-0.15, -0.1) is 10.2 Å².